The molecule has 4 nitrogen and oxygen atoms in total. The van der Waals surface area contributed by atoms with Crippen molar-refractivity contribution in [2.45, 2.75) is 46.2 Å². The van der Waals surface area contributed by atoms with Crippen molar-refractivity contribution in [3.05, 3.63) is 59.2 Å². The number of fused-ring (bicyclic) bond motifs is 1. The number of amides is 1. The molecule has 0 atom stereocenters. The van der Waals surface area contributed by atoms with E-state index in [1.165, 1.54) is 5.56 Å². The minimum Gasteiger partial charge on any atom is -0.398 e. The summed E-state index contributed by atoms with van der Waals surface area (Å²) in [6.45, 7) is 9.27. The summed E-state index contributed by atoms with van der Waals surface area (Å²) in [6.07, 6.45) is 1.89. The van der Waals surface area contributed by atoms with Crippen molar-refractivity contribution in [3.63, 3.8) is 0 Å². The second-order valence-corrected chi connectivity index (χ2v) is 7.26. The van der Waals surface area contributed by atoms with Crippen molar-refractivity contribution in [3.8, 4) is 0 Å². The third kappa shape index (κ3) is 3.75. The van der Waals surface area contributed by atoms with Gasteiger partial charge in [0.15, 0.2) is 0 Å². The van der Waals surface area contributed by atoms with Crippen LogP contribution in [0.25, 0.3) is 0 Å². The lowest BCUT2D eigenvalue weighted by Crippen LogP contribution is -2.35. The van der Waals surface area contributed by atoms with Gasteiger partial charge in [0.2, 0.25) is 0 Å². The maximum atomic E-state index is 13.0. The average Bonchev–Trinajstić information content (AvgIpc) is 2.66. The lowest BCUT2D eigenvalue weighted by molar-refractivity contribution is 0.0985. The van der Waals surface area contributed by atoms with Crippen LogP contribution in [0.2, 0.25) is 0 Å². The van der Waals surface area contributed by atoms with Crippen LogP contribution in [0.1, 0.15) is 48.7 Å². The maximum absolute atomic E-state index is 13.0. The molecule has 0 saturated heterocycles. The van der Waals surface area contributed by atoms with E-state index in [0.717, 1.165) is 55.0 Å². The van der Waals surface area contributed by atoms with Crippen molar-refractivity contribution in [2.24, 2.45) is 0 Å². The molecule has 26 heavy (non-hydrogen) atoms. The van der Waals surface area contributed by atoms with Crippen LogP contribution in [0.15, 0.2) is 42.5 Å². The number of benzene rings is 2. The number of nitrogen functional groups attached to an aromatic ring is 1. The molecule has 4 heteroatoms. The van der Waals surface area contributed by atoms with Crippen LogP contribution < -0.4 is 10.6 Å². The molecule has 2 N–H and O–H groups in total. The molecular formula is C22H29N3O. The van der Waals surface area contributed by atoms with Crippen molar-refractivity contribution >= 4 is 17.3 Å². The van der Waals surface area contributed by atoms with Gasteiger partial charge in [-0.05, 0) is 68.6 Å². The first kappa shape index (κ1) is 18.5. The van der Waals surface area contributed by atoms with Crippen LogP contribution in [0.3, 0.4) is 0 Å². The number of carbonyl (C=O) groups is 1. The molecule has 1 amide bonds. The van der Waals surface area contributed by atoms with E-state index in [-0.39, 0.29) is 5.91 Å². The van der Waals surface area contributed by atoms with E-state index in [1.807, 2.05) is 35.2 Å². The summed E-state index contributed by atoms with van der Waals surface area (Å²) in [5.74, 6) is 0.0549. The monoisotopic (exact) mass is 351 g/mol. The topological polar surface area (TPSA) is 49.6 Å². The average molecular weight is 351 g/mol. The Bertz CT molecular complexity index is 767. The first-order valence-electron chi connectivity index (χ1n) is 9.53. The lowest BCUT2D eigenvalue weighted by atomic mass is 9.99. The van der Waals surface area contributed by atoms with Crippen LogP contribution in [-0.4, -0.2) is 29.9 Å². The Morgan fingerprint density at radius 3 is 2.58 bits per heavy atom. The Morgan fingerprint density at radius 2 is 1.92 bits per heavy atom. The molecule has 0 saturated carbocycles. The molecule has 2 aromatic rings. The summed E-state index contributed by atoms with van der Waals surface area (Å²) in [5, 5.41) is 0. The zero-order valence-electron chi connectivity index (χ0n) is 16.0. The summed E-state index contributed by atoms with van der Waals surface area (Å²) in [4.78, 5) is 17.3. The van der Waals surface area contributed by atoms with Crippen molar-refractivity contribution in [2.75, 3.05) is 23.7 Å². The van der Waals surface area contributed by atoms with Crippen LogP contribution >= 0.6 is 0 Å². The molecule has 3 rings (SSSR count). The molecule has 0 unspecified atom stereocenters. The van der Waals surface area contributed by atoms with Crippen LogP contribution in [0.4, 0.5) is 11.4 Å². The van der Waals surface area contributed by atoms with Gasteiger partial charge in [0.05, 0.1) is 0 Å². The zero-order chi connectivity index (χ0) is 18.7. The Kier molecular flexibility index (Phi) is 5.62. The fourth-order valence-electron chi connectivity index (χ4n) is 3.67. The number of rotatable bonds is 5. The van der Waals surface area contributed by atoms with Gasteiger partial charge in [-0.25, -0.2) is 0 Å². The number of nitrogens with two attached hydrogens (primary N) is 1. The number of carbonyl (C=O) groups excluding carboxylic acids is 1. The van der Waals surface area contributed by atoms with E-state index in [1.54, 1.807) is 0 Å². The standard InChI is InChI=1S/C22H29N3O/c1-4-24(16(2)3)15-17-10-12-18(13-11-17)22(26)25-14-6-7-19-20(23)8-5-9-21(19)25/h5,8-13,16H,4,6-7,14-15,23H2,1-3H3. The maximum Gasteiger partial charge on any atom is 0.258 e. The highest BCUT2D eigenvalue weighted by molar-refractivity contribution is 6.07. The van der Waals surface area contributed by atoms with E-state index >= 15 is 0 Å². The molecule has 2 aromatic carbocycles. The normalized spacial score (nSPS) is 14.0. The highest BCUT2D eigenvalue weighted by Gasteiger charge is 2.24. The van der Waals surface area contributed by atoms with Gasteiger partial charge < -0.3 is 10.6 Å². The Labute approximate surface area is 156 Å². The fraction of sp³-hybridized carbons (Fsp3) is 0.409. The first-order valence-corrected chi connectivity index (χ1v) is 9.53. The van der Waals surface area contributed by atoms with Gasteiger partial charge in [0.1, 0.15) is 0 Å². The molecule has 0 bridgehead atoms. The third-order valence-electron chi connectivity index (χ3n) is 5.26. The van der Waals surface area contributed by atoms with Crippen LogP contribution in [0.5, 0.6) is 0 Å². The summed E-state index contributed by atoms with van der Waals surface area (Å²) in [6, 6.07) is 14.4. The van der Waals surface area contributed by atoms with Crippen LogP contribution in [-0.2, 0) is 13.0 Å². The smallest absolute Gasteiger partial charge is 0.258 e. The molecular weight excluding hydrogens is 322 g/mol. The van der Waals surface area contributed by atoms with E-state index < -0.39 is 0 Å². The highest BCUT2D eigenvalue weighted by atomic mass is 16.2. The minimum atomic E-state index is 0.0549. The second-order valence-electron chi connectivity index (χ2n) is 7.26. The van der Waals surface area contributed by atoms with E-state index in [2.05, 4.69) is 37.8 Å². The molecule has 0 aromatic heterocycles. The summed E-state index contributed by atoms with van der Waals surface area (Å²) in [5.41, 5.74) is 10.9. The third-order valence-corrected chi connectivity index (χ3v) is 5.26. The number of nitrogens with zero attached hydrogens (tertiary/aromatic N) is 2. The minimum absolute atomic E-state index is 0.0549. The molecule has 0 fully saturated rings. The van der Waals surface area contributed by atoms with E-state index in [4.69, 9.17) is 5.73 Å². The molecule has 0 radical (unpaired) electrons. The van der Waals surface area contributed by atoms with Crippen molar-refractivity contribution in [1.29, 1.82) is 0 Å². The number of hydrogen-bond acceptors (Lipinski definition) is 3. The first-order chi connectivity index (χ1) is 12.5. The predicted molar refractivity (Wildman–Crippen MR) is 109 cm³/mol. The van der Waals surface area contributed by atoms with Crippen LogP contribution in [0, 0.1) is 0 Å². The van der Waals surface area contributed by atoms with Gasteiger partial charge in [-0.15, -0.1) is 0 Å². The summed E-state index contributed by atoms with van der Waals surface area (Å²) in [7, 11) is 0. The SMILES string of the molecule is CCN(Cc1ccc(C(=O)N2CCCc3c(N)cccc32)cc1)C(C)C. The Morgan fingerprint density at radius 1 is 1.19 bits per heavy atom. The summed E-state index contributed by atoms with van der Waals surface area (Å²) >= 11 is 0. The molecule has 0 spiro atoms. The molecule has 1 heterocycles. The lowest BCUT2D eigenvalue weighted by Gasteiger charge is -2.30. The number of anilines is 2. The predicted octanol–water partition coefficient (Wildman–Crippen LogP) is 4.09. The highest BCUT2D eigenvalue weighted by Crippen LogP contribution is 2.32. The molecule has 0 aliphatic carbocycles. The van der Waals surface area contributed by atoms with Gasteiger partial charge in [-0.1, -0.05) is 25.1 Å². The summed E-state index contributed by atoms with van der Waals surface area (Å²) < 4.78 is 0. The fourth-order valence-corrected chi connectivity index (χ4v) is 3.67. The van der Waals surface area contributed by atoms with Gasteiger partial charge in [0.25, 0.3) is 5.91 Å². The largest absolute Gasteiger partial charge is 0.398 e. The Balaban J connectivity index is 1.78. The van der Waals surface area contributed by atoms with E-state index in [9.17, 15) is 4.79 Å². The number of hydrogen-bond donors (Lipinski definition) is 1. The second kappa shape index (κ2) is 7.92. The molecule has 1 aliphatic rings. The van der Waals surface area contributed by atoms with Gasteiger partial charge in [-0.3, -0.25) is 9.69 Å². The molecule has 138 valence electrons. The van der Waals surface area contributed by atoms with E-state index in [0.29, 0.717) is 6.04 Å². The van der Waals surface area contributed by atoms with Crippen molar-refractivity contribution in [1.82, 2.24) is 4.90 Å². The van der Waals surface area contributed by atoms with Gasteiger partial charge in [-0.2, -0.15) is 0 Å². The van der Waals surface area contributed by atoms with Crippen molar-refractivity contribution < 1.29 is 4.79 Å². The quantitative estimate of drug-likeness (QED) is 0.825. The Hall–Kier alpha value is -2.33. The zero-order valence-corrected chi connectivity index (χ0v) is 16.0. The molecule has 1 aliphatic heterocycles. The van der Waals surface area contributed by atoms with Gasteiger partial charge in [0, 0.05) is 36.1 Å². The van der Waals surface area contributed by atoms with Gasteiger partial charge >= 0.3 is 0 Å².